The largest absolute Gasteiger partial charge is 0.497 e. The lowest BCUT2D eigenvalue weighted by molar-refractivity contribution is -0.121. The molecule has 2 aromatic rings. The smallest absolute Gasteiger partial charge is 0.275 e. The third-order valence-corrected chi connectivity index (χ3v) is 4.34. The maximum atomic E-state index is 12.7. The van der Waals surface area contributed by atoms with Gasteiger partial charge < -0.3 is 4.74 Å². The van der Waals surface area contributed by atoms with Crippen molar-refractivity contribution >= 4 is 34.2 Å². The van der Waals surface area contributed by atoms with Gasteiger partial charge in [-0.2, -0.15) is 5.10 Å². The highest BCUT2D eigenvalue weighted by Crippen LogP contribution is 2.31. The number of hydrazone groups is 1. The minimum absolute atomic E-state index is 0.162. The van der Waals surface area contributed by atoms with E-state index in [0.717, 1.165) is 28.6 Å². The average Bonchev–Trinajstić information content (AvgIpc) is 3.02. The van der Waals surface area contributed by atoms with Crippen LogP contribution in [0.1, 0.15) is 18.4 Å². The van der Waals surface area contributed by atoms with Gasteiger partial charge in [-0.15, -0.1) is 0 Å². The first kappa shape index (κ1) is 14.6. The van der Waals surface area contributed by atoms with E-state index in [-0.39, 0.29) is 18.2 Å². The molecule has 1 aromatic carbocycles. The highest BCUT2D eigenvalue weighted by atomic mass is 16.5. The molecule has 2 amide bonds. The number of fused-ring (bicyclic) bond motifs is 2. The summed E-state index contributed by atoms with van der Waals surface area (Å²) in [5.74, 6) is 1.04. The molecular weight excluding hydrogens is 308 g/mol. The fourth-order valence-electron chi connectivity index (χ4n) is 3.05. The van der Waals surface area contributed by atoms with E-state index in [1.165, 1.54) is 0 Å². The molecule has 0 fully saturated rings. The van der Waals surface area contributed by atoms with E-state index < -0.39 is 0 Å². The highest BCUT2D eigenvalue weighted by Gasteiger charge is 2.31. The predicted octanol–water partition coefficient (Wildman–Crippen LogP) is 1.40. The Bertz CT molecular complexity index is 891. The Hall–Kier alpha value is -2.96. The molecule has 2 aliphatic heterocycles. The Kier molecular flexibility index (Phi) is 3.41. The first-order valence-corrected chi connectivity index (χ1v) is 7.80. The first-order chi connectivity index (χ1) is 11.7. The molecule has 1 aromatic heterocycles. The number of carbonyl (C=O) groups is 2. The molecule has 0 bridgehead atoms. The highest BCUT2D eigenvalue weighted by molar-refractivity contribution is 6.44. The van der Waals surface area contributed by atoms with Crippen molar-refractivity contribution in [2.24, 2.45) is 5.10 Å². The summed E-state index contributed by atoms with van der Waals surface area (Å²) in [4.78, 5) is 30.2. The second kappa shape index (κ2) is 5.59. The monoisotopic (exact) mass is 324 g/mol. The third-order valence-electron chi connectivity index (χ3n) is 4.34. The van der Waals surface area contributed by atoms with Crippen LogP contribution in [0.3, 0.4) is 0 Å². The van der Waals surface area contributed by atoms with Crippen LogP contribution in [0.4, 0.5) is 5.82 Å². The number of nitrogens with zero attached hydrogens (tertiary/aromatic N) is 3. The summed E-state index contributed by atoms with van der Waals surface area (Å²) in [6.07, 6.45) is 1.40. The molecule has 1 N–H and O–H groups in total. The van der Waals surface area contributed by atoms with Crippen molar-refractivity contribution in [3.8, 4) is 5.75 Å². The van der Waals surface area contributed by atoms with Crippen molar-refractivity contribution in [1.29, 1.82) is 0 Å². The van der Waals surface area contributed by atoms with Gasteiger partial charge in [-0.25, -0.2) is 10.4 Å². The Morgan fingerprint density at radius 1 is 1.25 bits per heavy atom. The van der Waals surface area contributed by atoms with Gasteiger partial charge in [0.1, 0.15) is 17.3 Å². The summed E-state index contributed by atoms with van der Waals surface area (Å²) in [7, 11) is 1.61. The SMILES string of the molecule is COc1ccc2cc3c(nc2c1)N(C(=O)C1=NNC(=O)CC1)CC3. The lowest BCUT2D eigenvalue weighted by Gasteiger charge is -2.19. The third kappa shape index (κ3) is 2.38. The van der Waals surface area contributed by atoms with Gasteiger partial charge in [0, 0.05) is 30.8 Å². The maximum Gasteiger partial charge on any atom is 0.275 e. The van der Waals surface area contributed by atoms with E-state index in [9.17, 15) is 9.59 Å². The molecule has 0 spiro atoms. The summed E-state index contributed by atoms with van der Waals surface area (Å²) < 4.78 is 5.24. The summed E-state index contributed by atoms with van der Waals surface area (Å²) >= 11 is 0. The van der Waals surface area contributed by atoms with Gasteiger partial charge in [-0.1, -0.05) is 0 Å². The van der Waals surface area contributed by atoms with E-state index in [4.69, 9.17) is 4.74 Å². The molecular formula is C17H16N4O3. The lowest BCUT2D eigenvalue weighted by Crippen LogP contribution is -2.39. The first-order valence-electron chi connectivity index (χ1n) is 7.80. The zero-order valence-electron chi connectivity index (χ0n) is 13.2. The number of rotatable bonds is 2. The normalized spacial score (nSPS) is 16.6. The fourth-order valence-corrected chi connectivity index (χ4v) is 3.05. The zero-order valence-corrected chi connectivity index (χ0v) is 13.2. The van der Waals surface area contributed by atoms with Crippen LogP contribution in [0.25, 0.3) is 10.9 Å². The molecule has 0 unspecified atom stereocenters. The lowest BCUT2D eigenvalue weighted by atomic mass is 10.1. The summed E-state index contributed by atoms with van der Waals surface area (Å²) in [5, 5.41) is 4.92. The number of carbonyl (C=O) groups excluding carboxylic acids is 2. The van der Waals surface area contributed by atoms with E-state index in [1.807, 2.05) is 18.2 Å². The molecule has 0 saturated heterocycles. The number of anilines is 1. The Morgan fingerprint density at radius 2 is 2.12 bits per heavy atom. The number of hydrogen-bond acceptors (Lipinski definition) is 5. The number of benzene rings is 1. The minimum Gasteiger partial charge on any atom is -0.497 e. The Morgan fingerprint density at radius 3 is 2.88 bits per heavy atom. The van der Waals surface area contributed by atoms with Crippen LogP contribution in [0.2, 0.25) is 0 Å². The molecule has 4 rings (SSSR count). The number of aromatic nitrogens is 1. The van der Waals surface area contributed by atoms with E-state index in [1.54, 1.807) is 12.0 Å². The summed E-state index contributed by atoms with van der Waals surface area (Å²) in [6, 6.07) is 7.78. The van der Waals surface area contributed by atoms with Gasteiger partial charge in [0.25, 0.3) is 5.91 Å². The molecule has 0 saturated carbocycles. The van der Waals surface area contributed by atoms with Crippen molar-refractivity contribution < 1.29 is 14.3 Å². The van der Waals surface area contributed by atoms with E-state index in [2.05, 4.69) is 21.6 Å². The van der Waals surface area contributed by atoms with Crippen LogP contribution < -0.4 is 15.1 Å². The zero-order chi connectivity index (χ0) is 16.7. The van der Waals surface area contributed by atoms with Gasteiger partial charge in [0.15, 0.2) is 0 Å². The molecule has 0 atom stereocenters. The molecule has 122 valence electrons. The quantitative estimate of drug-likeness (QED) is 0.905. The van der Waals surface area contributed by atoms with Crippen molar-refractivity contribution in [3.63, 3.8) is 0 Å². The van der Waals surface area contributed by atoms with Gasteiger partial charge in [-0.05, 0) is 30.2 Å². The number of amides is 2. The second-order valence-electron chi connectivity index (χ2n) is 5.83. The number of ether oxygens (including phenoxy) is 1. The standard InChI is InChI=1S/C17H16N4O3/c1-24-12-3-2-10-8-11-6-7-21(16(11)18-14(10)9-12)17(23)13-4-5-15(22)20-19-13/h2-3,8-9H,4-7H2,1H3,(H,20,22). The van der Waals surface area contributed by atoms with Crippen molar-refractivity contribution in [1.82, 2.24) is 10.4 Å². The number of hydrogen-bond donors (Lipinski definition) is 1. The number of methoxy groups -OCH3 is 1. The topological polar surface area (TPSA) is 83.9 Å². The van der Waals surface area contributed by atoms with E-state index >= 15 is 0 Å². The van der Waals surface area contributed by atoms with E-state index in [0.29, 0.717) is 24.5 Å². The molecule has 0 radical (unpaired) electrons. The molecule has 24 heavy (non-hydrogen) atoms. The summed E-state index contributed by atoms with van der Waals surface area (Å²) in [5.41, 5.74) is 4.57. The number of nitrogens with one attached hydrogen (secondary N) is 1. The molecule has 7 heteroatoms. The van der Waals surface area contributed by atoms with Crippen molar-refractivity contribution in [2.45, 2.75) is 19.3 Å². The number of pyridine rings is 1. The van der Waals surface area contributed by atoms with Gasteiger partial charge >= 0.3 is 0 Å². The van der Waals surface area contributed by atoms with Crippen LogP contribution >= 0.6 is 0 Å². The van der Waals surface area contributed by atoms with Crippen LogP contribution in [0.15, 0.2) is 29.4 Å². The second-order valence-corrected chi connectivity index (χ2v) is 5.83. The van der Waals surface area contributed by atoms with Gasteiger partial charge in [0.05, 0.1) is 12.6 Å². The molecule has 2 aliphatic rings. The maximum absolute atomic E-state index is 12.7. The predicted molar refractivity (Wildman–Crippen MR) is 89.2 cm³/mol. The molecule has 3 heterocycles. The Balaban J connectivity index is 1.71. The van der Waals surface area contributed by atoms with Crippen LogP contribution in [0, 0.1) is 0 Å². The molecule has 0 aliphatic carbocycles. The minimum atomic E-state index is -0.191. The van der Waals surface area contributed by atoms with Crippen LogP contribution in [-0.2, 0) is 16.0 Å². The van der Waals surface area contributed by atoms with Gasteiger partial charge in [0.2, 0.25) is 5.91 Å². The summed E-state index contributed by atoms with van der Waals surface area (Å²) in [6.45, 7) is 0.571. The van der Waals surface area contributed by atoms with Crippen molar-refractivity contribution in [3.05, 3.63) is 29.8 Å². The van der Waals surface area contributed by atoms with Crippen LogP contribution in [0.5, 0.6) is 5.75 Å². The average molecular weight is 324 g/mol. The Labute approximate surface area is 138 Å². The van der Waals surface area contributed by atoms with Crippen molar-refractivity contribution in [2.75, 3.05) is 18.6 Å². The van der Waals surface area contributed by atoms with Gasteiger partial charge in [-0.3, -0.25) is 14.5 Å². The van der Waals surface area contributed by atoms with Crippen LogP contribution in [-0.4, -0.2) is 36.2 Å². The fraction of sp³-hybridized carbons (Fsp3) is 0.294. The molecule has 7 nitrogen and oxygen atoms in total.